The van der Waals surface area contributed by atoms with Gasteiger partial charge in [-0.2, -0.15) is 5.26 Å². The Morgan fingerprint density at radius 2 is 1.84 bits per heavy atom. The van der Waals surface area contributed by atoms with Crippen molar-refractivity contribution in [1.29, 1.82) is 5.26 Å². The Balaban J connectivity index is 1.84. The molecule has 2 fully saturated rings. The number of likely N-dealkylation sites (N-methyl/N-ethyl adjacent to an activating group) is 1. The van der Waals surface area contributed by atoms with Gasteiger partial charge in [0.15, 0.2) is 0 Å². The molecule has 4 heterocycles. The number of aromatic nitrogens is 2. The van der Waals surface area contributed by atoms with E-state index >= 15 is 0 Å². The molecule has 8 nitrogen and oxygen atoms in total. The normalized spacial score (nSPS) is 18.3. The standard InChI is InChI=1S/C23H28N6O2/c1-17-7-6-10-29-20(17)25-21(27-13-11-26(2)12-14-27)19(23(29)31)15-18(16-24)22(30)28-8-4-3-5-9-28/h6-7,10,15H,3-5,8-9,11-14H2,1-2H3/b18-15+. The molecule has 0 atom stereocenters. The highest BCUT2D eigenvalue weighted by atomic mass is 16.2. The van der Waals surface area contributed by atoms with Crippen molar-refractivity contribution in [1.82, 2.24) is 19.2 Å². The molecular formula is C23H28N6O2. The number of hydrogen-bond donors (Lipinski definition) is 0. The fraction of sp³-hybridized carbons (Fsp3) is 0.478. The average Bonchev–Trinajstić information content (AvgIpc) is 2.80. The van der Waals surface area contributed by atoms with Gasteiger partial charge in [-0.05, 0) is 50.9 Å². The first-order valence-corrected chi connectivity index (χ1v) is 10.9. The molecule has 0 aromatic carbocycles. The lowest BCUT2D eigenvalue weighted by molar-refractivity contribution is -0.127. The van der Waals surface area contributed by atoms with Crippen LogP contribution in [0.2, 0.25) is 0 Å². The highest BCUT2D eigenvalue weighted by Crippen LogP contribution is 2.22. The maximum atomic E-state index is 13.5. The summed E-state index contributed by atoms with van der Waals surface area (Å²) in [6, 6.07) is 5.77. The van der Waals surface area contributed by atoms with Crippen molar-refractivity contribution < 1.29 is 4.79 Å². The second-order valence-corrected chi connectivity index (χ2v) is 8.35. The van der Waals surface area contributed by atoms with Crippen LogP contribution in [-0.2, 0) is 4.79 Å². The molecular weight excluding hydrogens is 392 g/mol. The molecule has 0 saturated carbocycles. The van der Waals surface area contributed by atoms with Crippen molar-refractivity contribution in [3.63, 3.8) is 0 Å². The lowest BCUT2D eigenvalue weighted by Crippen LogP contribution is -2.45. The van der Waals surface area contributed by atoms with E-state index in [1.54, 1.807) is 17.2 Å². The predicted molar refractivity (Wildman–Crippen MR) is 120 cm³/mol. The molecule has 0 radical (unpaired) electrons. The van der Waals surface area contributed by atoms with Crippen LogP contribution in [0, 0.1) is 18.3 Å². The van der Waals surface area contributed by atoms with E-state index in [0.29, 0.717) is 30.1 Å². The summed E-state index contributed by atoms with van der Waals surface area (Å²) < 4.78 is 1.50. The lowest BCUT2D eigenvalue weighted by atomic mass is 10.1. The third kappa shape index (κ3) is 4.19. The van der Waals surface area contributed by atoms with Gasteiger partial charge in [-0.3, -0.25) is 14.0 Å². The van der Waals surface area contributed by atoms with E-state index in [9.17, 15) is 14.9 Å². The maximum absolute atomic E-state index is 13.5. The summed E-state index contributed by atoms with van der Waals surface area (Å²) in [5.41, 5.74) is 1.52. The lowest BCUT2D eigenvalue weighted by Gasteiger charge is -2.34. The summed E-state index contributed by atoms with van der Waals surface area (Å²) in [5.74, 6) is 0.242. The van der Waals surface area contributed by atoms with E-state index in [0.717, 1.165) is 51.0 Å². The maximum Gasteiger partial charge on any atom is 0.267 e. The van der Waals surface area contributed by atoms with Crippen LogP contribution in [0.3, 0.4) is 0 Å². The summed E-state index contributed by atoms with van der Waals surface area (Å²) in [5, 5.41) is 9.76. The van der Waals surface area contributed by atoms with Crippen LogP contribution in [0.4, 0.5) is 5.82 Å². The molecule has 2 aromatic rings. The molecule has 0 unspecified atom stereocenters. The monoisotopic (exact) mass is 420 g/mol. The van der Waals surface area contributed by atoms with E-state index in [-0.39, 0.29) is 17.0 Å². The number of nitriles is 1. The molecule has 4 rings (SSSR count). The van der Waals surface area contributed by atoms with E-state index in [4.69, 9.17) is 4.98 Å². The minimum atomic E-state index is -0.305. The van der Waals surface area contributed by atoms with E-state index in [1.165, 1.54) is 10.5 Å². The average molecular weight is 421 g/mol. The molecule has 2 aliphatic heterocycles. The van der Waals surface area contributed by atoms with Crippen LogP contribution >= 0.6 is 0 Å². The Morgan fingerprint density at radius 1 is 1.13 bits per heavy atom. The van der Waals surface area contributed by atoms with Gasteiger partial charge in [0.25, 0.3) is 11.5 Å². The number of likely N-dealkylation sites (tertiary alicyclic amines) is 1. The Kier molecular flexibility index (Phi) is 6.05. The molecule has 2 saturated heterocycles. The molecule has 0 bridgehead atoms. The molecule has 0 spiro atoms. The van der Waals surface area contributed by atoms with Crippen LogP contribution in [0.5, 0.6) is 0 Å². The zero-order valence-electron chi connectivity index (χ0n) is 18.2. The largest absolute Gasteiger partial charge is 0.353 e. The number of nitrogens with zero attached hydrogens (tertiary/aromatic N) is 6. The van der Waals surface area contributed by atoms with Crippen molar-refractivity contribution in [2.75, 3.05) is 51.2 Å². The first-order valence-electron chi connectivity index (χ1n) is 10.9. The zero-order chi connectivity index (χ0) is 22.0. The molecule has 31 heavy (non-hydrogen) atoms. The molecule has 8 heteroatoms. The number of piperidine rings is 1. The van der Waals surface area contributed by atoms with Gasteiger partial charge in [-0.1, -0.05) is 6.07 Å². The molecule has 1 amide bonds. The second kappa shape index (κ2) is 8.90. The van der Waals surface area contributed by atoms with Crippen LogP contribution in [0.25, 0.3) is 11.7 Å². The molecule has 162 valence electrons. The number of carbonyl (C=O) groups is 1. The third-order valence-corrected chi connectivity index (χ3v) is 6.15. The Hall–Kier alpha value is -3.18. The van der Waals surface area contributed by atoms with Gasteiger partial charge in [-0.25, -0.2) is 4.98 Å². The van der Waals surface area contributed by atoms with Gasteiger partial charge in [0.1, 0.15) is 23.1 Å². The van der Waals surface area contributed by atoms with Crippen molar-refractivity contribution in [3.05, 3.63) is 45.4 Å². The minimum Gasteiger partial charge on any atom is -0.353 e. The van der Waals surface area contributed by atoms with E-state index < -0.39 is 0 Å². The number of hydrogen-bond acceptors (Lipinski definition) is 6. The number of aryl methyl sites for hydroxylation is 1. The number of rotatable bonds is 3. The number of piperazine rings is 1. The summed E-state index contributed by atoms with van der Waals surface area (Å²) in [6.07, 6.45) is 6.11. The fourth-order valence-electron chi connectivity index (χ4n) is 4.24. The quantitative estimate of drug-likeness (QED) is 0.555. The first kappa shape index (κ1) is 21.1. The Bertz CT molecular complexity index is 1120. The van der Waals surface area contributed by atoms with Gasteiger partial charge in [-0.15, -0.1) is 0 Å². The van der Waals surface area contributed by atoms with Gasteiger partial charge < -0.3 is 14.7 Å². The van der Waals surface area contributed by atoms with Crippen LogP contribution in [0.1, 0.15) is 30.4 Å². The summed E-state index contributed by atoms with van der Waals surface area (Å²) in [6.45, 7) is 6.40. The summed E-state index contributed by atoms with van der Waals surface area (Å²) in [7, 11) is 2.07. The Labute approximate surface area is 182 Å². The second-order valence-electron chi connectivity index (χ2n) is 8.35. The molecule has 2 aromatic heterocycles. The number of carbonyl (C=O) groups excluding carboxylic acids is 1. The van der Waals surface area contributed by atoms with E-state index in [2.05, 4.69) is 16.8 Å². The summed E-state index contributed by atoms with van der Waals surface area (Å²) >= 11 is 0. The fourth-order valence-corrected chi connectivity index (χ4v) is 4.24. The first-order chi connectivity index (χ1) is 15.0. The van der Waals surface area contributed by atoms with Crippen LogP contribution < -0.4 is 10.5 Å². The number of pyridine rings is 1. The summed E-state index contributed by atoms with van der Waals surface area (Å²) in [4.78, 5) is 37.3. The zero-order valence-corrected chi connectivity index (χ0v) is 18.2. The third-order valence-electron chi connectivity index (χ3n) is 6.15. The molecule has 0 N–H and O–H groups in total. The van der Waals surface area contributed by atoms with Gasteiger partial charge in [0.2, 0.25) is 0 Å². The van der Waals surface area contributed by atoms with Gasteiger partial charge in [0.05, 0.1) is 5.56 Å². The number of fused-ring (bicyclic) bond motifs is 1. The Morgan fingerprint density at radius 3 is 2.52 bits per heavy atom. The van der Waals surface area contributed by atoms with Gasteiger partial charge in [0, 0.05) is 45.5 Å². The van der Waals surface area contributed by atoms with Crippen molar-refractivity contribution in [2.45, 2.75) is 26.2 Å². The van der Waals surface area contributed by atoms with Crippen molar-refractivity contribution in [3.8, 4) is 6.07 Å². The topological polar surface area (TPSA) is 84.9 Å². The highest BCUT2D eigenvalue weighted by Gasteiger charge is 2.25. The van der Waals surface area contributed by atoms with Gasteiger partial charge >= 0.3 is 0 Å². The molecule has 2 aliphatic rings. The van der Waals surface area contributed by atoms with Crippen molar-refractivity contribution >= 4 is 23.4 Å². The molecule has 0 aliphatic carbocycles. The smallest absolute Gasteiger partial charge is 0.267 e. The van der Waals surface area contributed by atoms with Crippen LogP contribution in [-0.4, -0.2) is 71.4 Å². The highest BCUT2D eigenvalue weighted by molar-refractivity contribution is 6.02. The minimum absolute atomic E-state index is 0.0104. The van der Waals surface area contributed by atoms with Crippen molar-refractivity contribution in [2.24, 2.45) is 0 Å². The number of amides is 1. The SMILES string of the molecule is Cc1cccn2c(=O)c(/C=C(\C#N)C(=O)N3CCCCC3)c(N3CCN(C)CC3)nc12. The van der Waals surface area contributed by atoms with E-state index in [1.807, 2.05) is 19.1 Å². The number of anilines is 1. The van der Waals surface area contributed by atoms with Crippen LogP contribution in [0.15, 0.2) is 28.7 Å². The predicted octanol–water partition coefficient (Wildman–Crippen LogP) is 1.67.